The van der Waals surface area contributed by atoms with Crippen molar-refractivity contribution in [1.29, 1.82) is 5.26 Å². The number of carbonyl (C=O) groups is 1. The van der Waals surface area contributed by atoms with Crippen molar-refractivity contribution in [3.8, 4) is 6.07 Å². The number of nitrogens with zero attached hydrogens (tertiary/aromatic N) is 3. The van der Waals surface area contributed by atoms with Gasteiger partial charge in [-0.2, -0.15) is 5.26 Å². The Kier molecular flexibility index (Phi) is 5.39. The molecule has 0 bridgehead atoms. The largest absolute Gasteiger partial charge is 0.325 e. The Balaban J connectivity index is 3.00. The summed E-state index contributed by atoms with van der Waals surface area (Å²) in [5, 5.41) is 8.83. The third-order valence-electron chi connectivity index (χ3n) is 2.08. The van der Waals surface area contributed by atoms with Crippen LogP contribution < -0.4 is 0 Å². The minimum atomic E-state index is -0.271. The first-order valence-corrected chi connectivity index (χ1v) is 6.24. The van der Waals surface area contributed by atoms with Gasteiger partial charge < -0.3 is 4.90 Å². The van der Waals surface area contributed by atoms with E-state index < -0.39 is 0 Å². The number of hydrogen-bond donors (Lipinski definition) is 0. The number of aromatic nitrogens is 1. The van der Waals surface area contributed by atoms with E-state index in [1.165, 1.54) is 11.1 Å². The van der Waals surface area contributed by atoms with E-state index >= 15 is 0 Å². The summed E-state index contributed by atoms with van der Waals surface area (Å²) in [6.07, 6.45) is 2.31. The smallest absolute Gasteiger partial charge is 0.257 e. The van der Waals surface area contributed by atoms with Crippen LogP contribution in [0, 0.1) is 11.3 Å². The molecule has 0 N–H and O–H groups in total. The summed E-state index contributed by atoms with van der Waals surface area (Å²) in [6.45, 7) is 2.52. The highest BCUT2D eigenvalue weighted by Gasteiger charge is 2.18. The second-order valence-corrected chi connectivity index (χ2v) is 4.65. The number of rotatable bonds is 4. The van der Waals surface area contributed by atoms with Crippen LogP contribution in [0.25, 0.3) is 0 Å². The zero-order valence-electron chi connectivity index (χ0n) is 9.28. The van der Waals surface area contributed by atoms with Gasteiger partial charge in [0, 0.05) is 17.2 Å². The molecule has 1 heterocycles. The number of hydrogen-bond acceptors (Lipinski definition) is 3. The minimum absolute atomic E-state index is 0.0511. The molecule has 0 saturated carbocycles. The van der Waals surface area contributed by atoms with Crippen molar-refractivity contribution < 1.29 is 4.79 Å². The Bertz CT molecular complexity index is 459. The van der Waals surface area contributed by atoms with Gasteiger partial charge in [0.05, 0.1) is 11.6 Å². The lowest BCUT2D eigenvalue weighted by Gasteiger charge is -2.19. The lowest BCUT2D eigenvalue weighted by molar-refractivity contribution is 0.0776. The monoisotopic (exact) mass is 315 g/mol. The molecule has 1 rings (SSSR count). The van der Waals surface area contributed by atoms with Gasteiger partial charge >= 0.3 is 0 Å². The Morgan fingerprint density at radius 2 is 2.41 bits per heavy atom. The highest BCUT2D eigenvalue weighted by atomic mass is 79.9. The van der Waals surface area contributed by atoms with E-state index in [2.05, 4.69) is 20.9 Å². The van der Waals surface area contributed by atoms with Gasteiger partial charge in [0.25, 0.3) is 5.91 Å². The molecule has 90 valence electrons. The Labute approximate surface area is 113 Å². The molecule has 0 saturated heterocycles. The van der Waals surface area contributed by atoms with Gasteiger partial charge in [-0.3, -0.25) is 4.79 Å². The molecule has 6 heteroatoms. The first-order valence-electron chi connectivity index (χ1n) is 5.07. The molecule has 1 aromatic rings. The van der Waals surface area contributed by atoms with E-state index in [1.54, 1.807) is 6.07 Å². The summed E-state index contributed by atoms with van der Waals surface area (Å²) in [4.78, 5) is 17.5. The lowest BCUT2D eigenvalue weighted by atomic mass is 10.2. The Hall–Kier alpha value is -1.12. The van der Waals surface area contributed by atoms with Gasteiger partial charge in [0.1, 0.15) is 11.7 Å². The van der Waals surface area contributed by atoms with E-state index in [0.29, 0.717) is 16.6 Å². The number of carbonyl (C=O) groups excluding carboxylic acids is 1. The molecule has 0 aliphatic rings. The SMILES string of the molecule is CCCN(CC#N)C(=O)c1cc(Br)cnc1Cl. The summed E-state index contributed by atoms with van der Waals surface area (Å²) in [7, 11) is 0. The fourth-order valence-corrected chi connectivity index (χ4v) is 1.87. The molecule has 0 aliphatic heterocycles. The lowest BCUT2D eigenvalue weighted by Crippen LogP contribution is -2.32. The molecule has 0 spiro atoms. The van der Waals surface area contributed by atoms with E-state index in [0.717, 1.165) is 6.42 Å². The van der Waals surface area contributed by atoms with Crippen LogP contribution in [0.2, 0.25) is 5.15 Å². The van der Waals surface area contributed by atoms with Crippen molar-refractivity contribution in [2.24, 2.45) is 0 Å². The number of amides is 1. The maximum atomic E-state index is 12.1. The fourth-order valence-electron chi connectivity index (χ4n) is 1.35. The molecule has 0 atom stereocenters. The van der Waals surface area contributed by atoms with Crippen LogP contribution in [-0.2, 0) is 0 Å². The Morgan fingerprint density at radius 3 is 3.00 bits per heavy atom. The maximum absolute atomic E-state index is 12.1. The predicted octanol–water partition coefficient (Wildman–Crippen LogP) is 2.87. The molecule has 0 radical (unpaired) electrons. The quantitative estimate of drug-likeness (QED) is 0.634. The second-order valence-electron chi connectivity index (χ2n) is 3.38. The normalized spacial score (nSPS) is 9.76. The van der Waals surface area contributed by atoms with Gasteiger partial charge in [-0.05, 0) is 28.4 Å². The molecular formula is C11H11BrClN3O. The van der Waals surface area contributed by atoms with E-state index in [4.69, 9.17) is 16.9 Å². The van der Waals surface area contributed by atoms with Crippen LogP contribution in [0.4, 0.5) is 0 Å². The molecule has 0 fully saturated rings. The van der Waals surface area contributed by atoms with Crippen molar-refractivity contribution in [1.82, 2.24) is 9.88 Å². The molecule has 1 amide bonds. The molecule has 4 nitrogen and oxygen atoms in total. The third-order valence-corrected chi connectivity index (χ3v) is 2.81. The first-order chi connectivity index (χ1) is 8.10. The molecular weight excluding hydrogens is 305 g/mol. The van der Waals surface area contributed by atoms with E-state index in [9.17, 15) is 4.79 Å². The Morgan fingerprint density at radius 1 is 1.71 bits per heavy atom. The van der Waals surface area contributed by atoms with Crippen molar-refractivity contribution in [3.63, 3.8) is 0 Å². The summed E-state index contributed by atoms with van der Waals surface area (Å²) in [6, 6.07) is 3.58. The summed E-state index contributed by atoms with van der Waals surface area (Å²) < 4.78 is 0.679. The van der Waals surface area contributed by atoms with Crippen LogP contribution in [-0.4, -0.2) is 28.9 Å². The van der Waals surface area contributed by atoms with Crippen molar-refractivity contribution in [2.45, 2.75) is 13.3 Å². The molecule has 1 aromatic heterocycles. The van der Waals surface area contributed by atoms with Crippen molar-refractivity contribution in [2.75, 3.05) is 13.1 Å². The minimum Gasteiger partial charge on any atom is -0.325 e. The van der Waals surface area contributed by atoms with Crippen LogP contribution in [0.5, 0.6) is 0 Å². The topological polar surface area (TPSA) is 57.0 Å². The molecule has 0 aliphatic carbocycles. The zero-order chi connectivity index (χ0) is 12.8. The standard InChI is InChI=1S/C11H11BrClN3O/c1-2-4-16(5-3-14)11(17)9-6-8(12)7-15-10(9)13/h6-7H,2,4-5H2,1H3. The van der Waals surface area contributed by atoms with Gasteiger partial charge in [-0.15, -0.1) is 0 Å². The van der Waals surface area contributed by atoms with Crippen molar-refractivity contribution >= 4 is 33.4 Å². The molecule has 0 unspecified atom stereocenters. The summed E-state index contributed by atoms with van der Waals surface area (Å²) in [5.41, 5.74) is 0.310. The van der Waals surface area contributed by atoms with E-state index in [1.807, 2.05) is 13.0 Å². The zero-order valence-corrected chi connectivity index (χ0v) is 11.6. The average Bonchev–Trinajstić information content (AvgIpc) is 2.31. The highest BCUT2D eigenvalue weighted by Crippen LogP contribution is 2.19. The van der Waals surface area contributed by atoms with Crippen LogP contribution in [0.3, 0.4) is 0 Å². The summed E-state index contributed by atoms with van der Waals surface area (Å²) >= 11 is 9.11. The van der Waals surface area contributed by atoms with E-state index in [-0.39, 0.29) is 17.6 Å². The summed E-state index contributed by atoms with van der Waals surface area (Å²) in [5.74, 6) is -0.271. The maximum Gasteiger partial charge on any atom is 0.257 e. The van der Waals surface area contributed by atoms with Crippen LogP contribution in [0.1, 0.15) is 23.7 Å². The highest BCUT2D eigenvalue weighted by molar-refractivity contribution is 9.10. The van der Waals surface area contributed by atoms with Crippen molar-refractivity contribution in [3.05, 3.63) is 27.5 Å². The van der Waals surface area contributed by atoms with Gasteiger partial charge in [-0.25, -0.2) is 4.98 Å². The van der Waals surface area contributed by atoms with Crippen LogP contribution in [0.15, 0.2) is 16.7 Å². The molecule has 0 aromatic carbocycles. The van der Waals surface area contributed by atoms with Crippen LogP contribution >= 0.6 is 27.5 Å². The van der Waals surface area contributed by atoms with Gasteiger partial charge in [0.15, 0.2) is 0 Å². The van der Waals surface area contributed by atoms with Gasteiger partial charge in [-0.1, -0.05) is 18.5 Å². The number of nitriles is 1. The molecule has 17 heavy (non-hydrogen) atoms. The second kappa shape index (κ2) is 6.58. The third kappa shape index (κ3) is 3.69. The first kappa shape index (κ1) is 13.9. The number of pyridine rings is 1. The number of halogens is 2. The fraction of sp³-hybridized carbons (Fsp3) is 0.364. The van der Waals surface area contributed by atoms with Gasteiger partial charge in [0.2, 0.25) is 0 Å². The average molecular weight is 317 g/mol. The predicted molar refractivity (Wildman–Crippen MR) is 68.8 cm³/mol.